The van der Waals surface area contributed by atoms with Crippen molar-refractivity contribution in [3.05, 3.63) is 0 Å². The summed E-state index contributed by atoms with van der Waals surface area (Å²) in [7, 11) is 1.87. The van der Waals surface area contributed by atoms with Crippen molar-refractivity contribution in [3.63, 3.8) is 0 Å². The fourth-order valence-electron chi connectivity index (χ4n) is 4.97. The van der Waals surface area contributed by atoms with Gasteiger partial charge in [-0.1, -0.05) is 19.8 Å². The minimum atomic E-state index is 0.239. The number of carbonyl (C=O) groups excluding carboxylic acids is 1. The Bertz CT molecular complexity index is 504. The number of rotatable bonds is 5. The van der Waals surface area contributed by atoms with E-state index in [4.69, 9.17) is 0 Å². The Hall–Kier alpha value is -0.910. The van der Waals surface area contributed by atoms with Crippen LogP contribution in [0.15, 0.2) is 4.99 Å². The Morgan fingerprint density at radius 2 is 1.81 bits per heavy atom. The average molecular weight is 395 g/mol. The van der Waals surface area contributed by atoms with Gasteiger partial charge in [-0.15, -0.1) is 0 Å². The molecule has 2 saturated carbocycles. The average Bonchev–Trinajstić information content (AvgIpc) is 3.21. The van der Waals surface area contributed by atoms with Crippen molar-refractivity contribution in [1.82, 2.24) is 15.5 Å². The Labute approximate surface area is 169 Å². The van der Waals surface area contributed by atoms with Gasteiger partial charge in [0.2, 0.25) is 5.91 Å². The lowest BCUT2D eigenvalue weighted by Crippen LogP contribution is -2.49. The van der Waals surface area contributed by atoms with Crippen LogP contribution in [0.3, 0.4) is 0 Å². The Kier molecular flexibility index (Phi) is 7.74. The van der Waals surface area contributed by atoms with E-state index in [1.807, 2.05) is 18.8 Å². The summed E-state index contributed by atoms with van der Waals surface area (Å²) in [6.45, 7) is 5.24. The molecule has 3 rings (SSSR count). The molecule has 0 aromatic heterocycles. The Balaban J connectivity index is 1.41. The first-order chi connectivity index (χ1) is 13.2. The third-order valence-corrected chi connectivity index (χ3v) is 7.95. The molecule has 0 atom stereocenters. The molecule has 1 aliphatic heterocycles. The van der Waals surface area contributed by atoms with Crippen molar-refractivity contribution in [2.24, 2.45) is 16.3 Å². The highest BCUT2D eigenvalue weighted by Gasteiger charge is 2.33. The largest absolute Gasteiger partial charge is 0.356 e. The van der Waals surface area contributed by atoms with E-state index >= 15 is 0 Å². The van der Waals surface area contributed by atoms with Crippen molar-refractivity contribution in [2.45, 2.75) is 70.8 Å². The third-order valence-electron chi connectivity index (χ3n) is 7.01. The van der Waals surface area contributed by atoms with Gasteiger partial charge in [0, 0.05) is 50.1 Å². The summed E-state index contributed by atoms with van der Waals surface area (Å²) < 4.78 is 0. The van der Waals surface area contributed by atoms with Gasteiger partial charge in [0.15, 0.2) is 5.96 Å². The Morgan fingerprint density at radius 3 is 2.41 bits per heavy atom. The van der Waals surface area contributed by atoms with E-state index in [0.29, 0.717) is 17.4 Å². The van der Waals surface area contributed by atoms with Crippen LogP contribution in [0.5, 0.6) is 0 Å². The normalized spacial score (nSPS) is 28.8. The number of nitrogens with zero attached hydrogens (tertiary/aromatic N) is 2. The fourth-order valence-corrected chi connectivity index (χ4v) is 5.87. The maximum Gasteiger partial charge on any atom is 0.225 e. The van der Waals surface area contributed by atoms with Crippen LogP contribution < -0.4 is 10.6 Å². The number of hydrogen-bond acceptors (Lipinski definition) is 3. The van der Waals surface area contributed by atoms with Gasteiger partial charge in [0.05, 0.1) is 0 Å². The number of hydrogen-bond donors (Lipinski definition) is 2. The zero-order chi connectivity index (χ0) is 19.1. The molecular weight excluding hydrogens is 356 g/mol. The highest BCUT2D eigenvalue weighted by molar-refractivity contribution is 7.99. The first kappa shape index (κ1) is 20.8. The van der Waals surface area contributed by atoms with E-state index in [-0.39, 0.29) is 5.92 Å². The molecule has 0 radical (unpaired) electrons. The molecule has 154 valence electrons. The second kappa shape index (κ2) is 10.0. The van der Waals surface area contributed by atoms with Gasteiger partial charge in [-0.05, 0) is 50.4 Å². The van der Waals surface area contributed by atoms with Crippen LogP contribution in [0, 0.1) is 11.3 Å². The third kappa shape index (κ3) is 5.55. The van der Waals surface area contributed by atoms with Gasteiger partial charge in [-0.25, -0.2) is 0 Å². The molecular formula is C21H38N4OS. The van der Waals surface area contributed by atoms with Crippen LogP contribution in [0.25, 0.3) is 0 Å². The monoisotopic (exact) mass is 394 g/mol. The van der Waals surface area contributed by atoms with Crippen LogP contribution in [0.4, 0.5) is 0 Å². The van der Waals surface area contributed by atoms with E-state index in [9.17, 15) is 4.79 Å². The lowest BCUT2D eigenvalue weighted by molar-refractivity contribution is -0.136. The van der Waals surface area contributed by atoms with Crippen molar-refractivity contribution < 1.29 is 4.79 Å². The van der Waals surface area contributed by atoms with E-state index in [2.05, 4.69) is 27.4 Å². The maximum atomic E-state index is 12.7. The summed E-state index contributed by atoms with van der Waals surface area (Å²) in [5, 5.41) is 7.22. The number of thioether (sulfide) groups is 1. The standard InChI is InChI=1S/C21H38N4OS/c1-3-21(10-4-5-11-21)16-23-20(22-2)24-18-8-6-17(7-9-18)19(26)25-12-14-27-15-13-25/h17-18H,3-16H2,1-2H3,(H2,22,23,24). The predicted molar refractivity (Wildman–Crippen MR) is 115 cm³/mol. The van der Waals surface area contributed by atoms with E-state index in [1.54, 1.807) is 0 Å². The topological polar surface area (TPSA) is 56.7 Å². The molecule has 5 nitrogen and oxygen atoms in total. The molecule has 0 aromatic carbocycles. The summed E-state index contributed by atoms with van der Waals surface area (Å²) in [6.07, 6.45) is 10.8. The Morgan fingerprint density at radius 1 is 1.15 bits per heavy atom. The van der Waals surface area contributed by atoms with Gasteiger partial charge in [-0.2, -0.15) is 11.8 Å². The number of carbonyl (C=O) groups is 1. The van der Waals surface area contributed by atoms with Gasteiger partial charge in [0.1, 0.15) is 0 Å². The first-order valence-electron chi connectivity index (χ1n) is 11.0. The SMILES string of the molecule is CCC1(CNC(=NC)NC2CCC(C(=O)N3CCSCC3)CC2)CCCC1. The maximum absolute atomic E-state index is 12.7. The first-order valence-corrected chi connectivity index (χ1v) is 12.1. The van der Waals surface area contributed by atoms with Gasteiger partial charge < -0.3 is 15.5 Å². The van der Waals surface area contributed by atoms with Crippen molar-refractivity contribution in [2.75, 3.05) is 38.2 Å². The molecule has 2 aliphatic carbocycles. The molecule has 0 bridgehead atoms. The van der Waals surface area contributed by atoms with E-state index in [0.717, 1.165) is 62.8 Å². The molecule has 3 fully saturated rings. The highest BCUT2D eigenvalue weighted by Crippen LogP contribution is 2.40. The number of aliphatic imine (C=N–C) groups is 1. The highest BCUT2D eigenvalue weighted by atomic mass is 32.2. The minimum Gasteiger partial charge on any atom is -0.356 e. The van der Waals surface area contributed by atoms with Crippen molar-refractivity contribution in [3.8, 4) is 0 Å². The van der Waals surface area contributed by atoms with Crippen LogP contribution in [-0.2, 0) is 4.79 Å². The molecule has 1 saturated heterocycles. The molecule has 2 N–H and O–H groups in total. The quantitative estimate of drug-likeness (QED) is 0.555. The van der Waals surface area contributed by atoms with Crippen molar-refractivity contribution >= 4 is 23.6 Å². The lowest BCUT2D eigenvalue weighted by Gasteiger charge is -2.35. The summed E-state index contributed by atoms with van der Waals surface area (Å²) in [5.41, 5.74) is 0.467. The molecule has 0 unspecified atom stereocenters. The zero-order valence-corrected chi connectivity index (χ0v) is 18.1. The molecule has 0 spiro atoms. The summed E-state index contributed by atoms with van der Waals surface area (Å²) in [4.78, 5) is 19.3. The molecule has 27 heavy (non-hydrogen) atoms. The van der Waals surface area contributed by atoms with Gasteiger partial charge >= 0.3 is 0 Å². The second-order valence-electron chi connectivity index (χ2n) is 8.62. The molecule has 0 aromatic rings. The smallest absolute Gasteiger partial charge is 0.225 e. The zero-order valence-electron chi connectivity index (χ0n) is 17.3. The number of amides is 1. The van der Waals surface area contributed by atoms with Crippen molar-refractivity contribution in [1.29, 1.82) is 0 Å². The van der Waals surface area contributed by atoms with Crippen LogP contribution >= 0.6 is 11.8 Å². The number of nitrogens with one attached hydrogen (secondary N) is 2. The van der Waals surface area contributed by atoms with E-state index < -0.39 is 0 Å². The van der Waals surface area contributed by atoms with Gasteiger partial charge in [-0.3, -0.25) is 9.79 Å². The summed E-state index contributed by atoms with van der Waals surface area (Å²) >= 11 is 1.96. The molecule has 3 aliphatic rings. The molecule has 6 heteroatoms. The van der Waals surface area contributed by atoms with Crippen LogP contribution in [-0.4, -0.2) is 61.0 Å². The predicted octanol–water partition coefficient (Wildman–Crippen LogP) is 3.26. The molecule has 1 heterocycles. The second-order valence-corrected chi connectivity index (χ2v) is 9.84. The number of guanidine groups is 1. The summed E-state index contributed by atoms with van der Waals surface area (Å²) in [6, 6.07) is 0.443. The minimum absolute atomic E-state index is 0.239. The van der Waals surface area contributed by atoms with Crippen LogP contribution in [0.2, 0.25) is 0 Å². The molecule has 1 amide bonds. The fraction of sp³-hybridized carbons (Fsp3) is 0.905. The van der Waals surface area contributed by atoms with Gasteiger partial charge in [0.25, 0.3) is 0 Å². The summed E-state index contributed by atoms with van der Waals surface area (Å²) in [5.74, 6) is 3.79. The van der Waals surface area contributed by atoms with E-state index in [1.165, 1.54) is 32.1 Å². The van der Waals surface area contributed by atoms with Crippen LogP contribution in [0.1, 0.15) is 64.7 Å². The lowest BCUT2D eigenvalue weighted by atomic mass is 9.83.